The van der Waals surface area contributed by atoms with Gasteiger partial charge in [0.1, 0.15) is 5.52 Å². The van der Waals surface area contributed by atoms with Crippen LogP contribution in [0.4, 0.5) is 0 Å². The highest BCUT2D eigenvalue weighted by Gasteiger charge is 2.21. The third-order valence-corrected chi connectivity index (χ3v) is 2.17. The fraction of sp³-hybridized carbons (Fsp3) is 0.300. The normalized spacial score (nSPS) is 12.2. The summed E-state index contributed by atoms with van der Waals surface area (Å²) in [7, 11) is 0. The van der Waals surface area contributed by atoms with Crippen molar-refractivity contribution in [2.75, 3.05) is 0 Å². The van der Waals surface area contributed by atoms with Gasteiger partial charge < -0.3 is 15.3 Å². The van der Waals surface area contributed by atoms with Gasteiger partial charge in [-0.15, -0.1) is 0 Å². The van der Waals surface area contributed by atoms with Gasteiger partial charge in [-0.3, -0.25) is 0 Å². The fourth-order valence-corrected chi connectivity index (χ4v) is 1.43. The summed E-state index contributed by atoms with van der Waals surface area (Å²) in [6.07, 6.45) is 1.30. The van der Waals surface area contributed by atoms with E-state index in [0.717, 1.165) is 0 Å². The Morgan fingerprint density at radius 2 is 2.14 bits per heavy atom. The summed E-state index contributed by atoms with van der Waals surface area (Å²) in [5.41, 5.74) is 6.98. The molecule has 1 heterocycles. The number of rotatable bonds is 1. The molecular weight excluding hydrogens is 180 g/mol. The predicted octanol–water partition coefficient (Wildman–Crippen LogP) is 1.73. The van der Waals surface area contributed by atoms with E-state index in [9.17, 15) is 5.11 Å². The zero-order valence-corrected chi connectivity index (χ0v) is 8.11. The number of aromatic nitrogens is 1. The van der Waals surface area contributed by atoms with E-state index < -0.39 is 5.54 Å². The van der Waals surface area contributed by atoms with E-state index in [1.54, 1.807) is 12.1 Å². The SMILES string of the molecule is CC(C)(N)c1ccc2ncoc2c1O. The molecule has 14 heavy (non-hydrogen) atoms. The molecular formula is C10H12N2O2. The molecule has 3 N–H and O–H groups in total. The molecule has 0 saturated carbocycles. The summed E-state index contributed by atoms with van der Waals surface area (Å²) in [5.74, 6) is 0.0764. The average molecular weight is 192 g/mol. The fourth-order valence-electron chi connectivity index (χ4n) is 1.43. The predicted molar refractivity (Wildman–Crippen MR) is 52.9 cm³/mol. The second-order valence-electron chi connectivity index (χ2n) is 3.88. The van der Waals surface area contributed by atoms with Crippen LogP contribution in [0.3, 0.4) is 0 Å². The van der Waals surface area contributed by atoms with Gasteiger partial charge in [0.05, 0.1) is 0 Å². The van der Waals surface area contributed by atoms with Crippen molar-refractivity contribution in [2.24, 2.45) is 5.73 Å². The second kappa shape index (κ2) is 2.72. The van der Waals surface area contributed by atoms with E-state index in [1.165, 1.54) is 6.39 Å². The summed E-state index contributed by atoms with van der Waals surface area (Å²) < 4.78 is 5.07. The van der Waals surface area contributed by atoms with Crippen LogP contribution in [0.15, 0.2) is 22.9 Å². The highest BCUT2D eigenvalue weighted by Crippen LogP contribution is 2.33. The molecule has 0 unspecified atom stereocenters. The van der Waals surface area contributed by atoms with E-state index in [2.05, 4.69) is 4.98 Å². The van der Waals surface area contributed by atoms with Crippen molar-refractivity contribution in [3.05, 3.63) is 24.1 Å². The molecule has 0 aliphatic heterocycles. The minimum Gasteiger partial charge on any atom is -0.504 e. The highest BCUT2D eigenvalue weighted by atomic mass is 16.4. The van der Waals surface area contributed by atoms with Gasteiger partial charge in [0.2, 0.25) is 0 Å². The number of aromatic hydroxyl groups is 1. The molecule has 0 radical (unpaired) electrons. The maximum absolute atomic E-state index is 9.86. The van der Waals surface area contributed by atoms with E-state index in [4.69, 9.17) is 10.2 Å². The molecule has 1 aromatic heterocycles. The Balaban J connectivity index is 2.74. The molecule has 0 aliphatic carbocycles. The van der Waals surface area contributed by atoms with Gasteiger partial charge in [-0.25, -0.2) is 4.98 Å². The van der Waals surface area contributed by atoms with Gasteiger partial charge in [-0.2, -0.15) is 0 Å². The quantitative estimate of drug-likeness (QED) is 0.721. The molecule has 0 amide bonds. The van der Waals surface area contributed by atoms with Crippen LogP contribution >= 0.6 is 0 Å². The first-order valence-electron chi connectivity index (χ1n) is 4.34. The first kappa shape index (κ1) is 9.02. The maximum Gasteiger partial charge on any atom is 0.196 e. The standard InChI is InChI=1S/C10H12N2O2/c1-10(2,11)6-3-4-7-9(8(6)13)14-5-12-7/h3-5,13H,11H2,1-2H3. The highest BCUT2D eigenvalue weighted by molar-refractivity contribution is 5.80. The van der Waals surface area contributed by atoms with Crippen molar-refractivity contribution >= 4 is 11.1 Å². The van der Waals surface area contributed by atoms with Crippen LogP contribution in [0.5, 0.6) is 5.75 Å². The van der Waals surface area contributed by atoms with Crippen molar-refractivity contribution < 1.29 is 9.52 Å². The van der Waals surface area contributed by atoms with Crippen molar-refractivity contribution in [1.82, 2.24) is 4.98 Å². The molecule has 4 heteroatoms. The van der Waals surface area contributed by atoms with Gasteiger partial charge in [0, 0.05) is 11.1 Å². The Bertz CT molecular complexity index is 468. The lowest BCUT2D eigenvalue weighted by Gasteiger charge is -2.19. The number of fused-ring (bicyclic) bond motifs is 1. The van der Waals surface area contributed by atoms with E-state index in [1.807, 2.05) is 13.8 Å². The molecule has 0 saturated heterocycles. The molecule has 2 rings (SSSR count). The van der Waals surface area contributed by atoms with Crippen molar-refractivity contribution in [3.63, 3.8) is 0 Å². The van der Waals surface area contributed by atoms with E-state index in [-0.39, 0.29) is 5.75 Å². The molecule has 0 spiro atoms. The molecule has 0 aliphatic rings. The van der Waals surface area contributed by atoms with E-state index in [0.29, 0.717) is 16.7 Å². The number of hydrogen-bond donors (Lipinski definition) is 2. The van der Waals surface area contributed by atoms with Crippen LogP contribution in [0.25, 0.3) is 11.1 Å². The molecule has 1 aromatic carbocycles. The first-order chi connectivity index (χ1) is 6.50. The number of benzene rings is 1. The summed E-state index contributed by atoms with van der Waals surface area (Å²) in [4.78, 5) is 3.94. The number of phenols is 1. The van der Waals surface area contributed by atoms with Gasteiger partial charge in [-0.05, 0) is 19.9 Å². The summed E-state index contributed by atoms with van der Waals surface area (Å²) in [6, 6.07) is 3.54. The van der Waals surface area contributed by atoms with Crippen LogP contribution in [0.2, 0.25) is 0 Å². The minimum atomic E-state index is -0.592. The Hall–Kier alpha value is -1.55. The molecule has 0 fully saturated rings. The summed E-state index contributed by atoms with van der Waals surface area (Å²) in [5, 5.41) is 9.86. The number of hydrogen-bond acceptors (Lipinski definition) is 4. The Kier molecular flexibility index (Phi) is 1.75. The molecule has 74 valence electrons. The first-order valence-corrected chi connectivity index (χ1v) is 4.34. The van der Waals surface area contributed by atoms with Crippen molar-refractivity contribution in [3.8, 4) is 5.75 Å². The smallest absolute Gasteiger partial charge is 0.196 e. The summed E-state index contributed by atoms with van der Waals surface area (Å²) >= 11 is 0. The molecule has 0 atom stereocenters. The lowest BCUT2D eigenvalue weighted by atomic mass is 9.94. The van der Waals surface area contributed by atoms with Gasteiger partial charge >= 0.3 is 0 Å². The van der Waals surface area contributed by atoms with Crippen molar-refractivity contribution in [2.45, 2.75) is 19.4 Å². The monoisotopic (exact) mass is 192 g/mol. The average Bonchev–Trinajstić information content (AvgIpc) is 2.50. The Morgan fingerprint density at radius 3 is 2.79 bits per heavy atom. The number of nitrogens with zero attached hydrogens (tertiary/aromatic N) is 1. The minimum absolute atomic E-state index is 0.0764. The number of phenolic OH excluding ortho intramolecular Hbond substituents is 1. The molecule has 2 aromatic rings. The van der Waals surface area contributed by atoms with Crippen molar-refractivity contribution in [1.29, 1.82) is 0 Å². The van der Waals surface area contributed by atoms with E-state index >= 15 is 0 Å². The third-order valence-electron chi connectivity index (χ3n) is 2.17. The number of oxazole rings is 1. The van der Waals surface area contributed by atoms with Crippen LogP contribution < -0.4 is 5.73 Å². The maximum atomic E-state index is 9.86. The van der Waals surface area contributed by atoms with Gasteiger partial charge in [0.15, 0.2) is 17.7 Å². The summed E-state index contributed by atoms with van der Waals surface area (Å²) in [6.45, 7) is 3.65. The van der Waals surface area contributed by atoms with Crippen LogP contribution in [-0.4, -0.2) is 10.1 Å². The third kappa shape index (κ3) is 1.24. The lowest BCUT2D eigenvalue weighted by Crippen LogP contribution is -2.28. The zero-order valence-electron chi connectivity index (χ0n) is 8.11. The second-order valence-corrected chi connectivity index (χ2v) is 3.88. The lowest BCUT2D eigenvalue weighted by molar-refractivity contribution is 0.433. The Morgan fingerprint density at radius 1 is 1.43 bits per heavy atom. The topological polar surface area (TPSA) is 72.3 Å². The number of nitrogens with two attached hydrogens (primary N) is 1. The van der Waals surface area contributed by atoms with Crippen LogP contribution in [-0.2, 0) is 5.54 Å². The van der Waals surface area contributed by atoms with Crippen LogP contribution in [0, 0.1) is 0 Å². The zero-order chi connectivity index (χ0) is 10.3. The Labute approximate surface area is 81.4 Å². The van der Waals surface area contributed by atoms with Crippen LogP contribution in [0.1, 0.15) is 19.4 Å². The molecule has 0 bridgehead atoms. The largest absolute Gasteiger partial charge is 0.504 e. The molecule has 4 nitrogen and oxygen atoms in total. The van der Waals surface area contributed by atoms with Gasteiger partial charge in [-0.1, -0.05) is 6.07 Å². The van der Waals surface area contributed by atoms with Gasteiger partial charge in [0.25, 0.3) is 0 Å².